The van der Waals surface area contributed by atoms with Crippen LogP contribution in [0, 0.1) is 0 Å². The van der Waals surface area contributed by atoms with Crippen LogP contribution in [0.25, 0.3) is 0 Å². The largest absolute Gasteiger partial charge is 0.395 e. The molecule has 5 nitrogen and oxygen atoms in total. The Balaban J connectivity index is 2.25. The topological polar surface area (TPSA) is 76.0 Å². The van der Waals surface area contributed by atoms with Crippen molar-refractivity contribution >= 4 is 0 Å². The van der Waals surface area contributed by atoms with E-state index in [1.165, 1.54) is 0 Å². The minimum atomic E-state index is -0.669. The van der Waals surface area contributed by atoms with Crippen molar-refractivity contribution < 1.29 is 15.3 Å². The van der Waals surface area contributed by atoms with E-state index in [9.17, 15) is 5.11 Å². The van der Waals surface area contributed by atoms with E-state index in [1.807, 2.05) is 4.90 Å². The molecule has 1 heterocycles. The lowest BCUT2D eigenvalue weighted by molar-refractivity contribution is 0.0448. The predicted molar refractivity (Wildman–Crippen MR) is 48.4 cm³/mol. The van der Waals surface area contributed by atoms with E-state index in [2.05, 4.69) is 5.32 Å². The Morgan fingerprint density at radius 2 is 2.23 bits per heavy atom. The molecule has 78 valence electrons. The Kier molecular flexibility index (Phi) is 4.61. The molecule has 2 unspecified atom stereocenters. The van der Waals surface area contributed by atoms with Gasteiger partial charge < -0.3 is 20.6 Å². The summed E-state index contributed by atoms with van der Waals surface area (Å²) in [6, 6.07) is 0.0969. The number of rotatable bonds is 4. The molecule has 0 aliphatic carbocycles. The second kappa shape index (κ2) is 5.51. The van der Waals surface area contributed by atoms with Crippen LogP contribution in [0.15, 0.2) is 0 Å². The summed E-state index contributed by atoms with van der Waals surface area (Å²) in [5.41, 5.74) is 0. The summed E-state index contributed by atoms with van der Waals surface area (Å²) in [4.78, 5) is 2.04. The van der Waals surface area contributed by atoms with Crippen LogP contribution in [0.1, 0.15) is 0 Å². The van der Waals surface area contributed by atoms with Gasteiger partial charge in [-0.15, -0.1) is 0 Å². The summed E-state index contributed by atoms with van der Waals surface area (Å²) in [5, 5.41) is 29.9. The summed E-state index contributed by atoms with van der Waals surface area (Å²) in [7, 11) is 0. The molecule has 0 amide bonds. The Morgan fingerprint density at radius 1 is 1.46 bits per heavy atom. The highest BCUT2D eigenvalue weighted by Gasteiger charge is 2.19. The van der Waals surface area contributed by atoms with Gasteiger partial charge in [-0.05, 0) is 0 Å². The van der Waals surface area contributed by atoms with Gasteiger partial charge in [0.1, 0.15) is 0 Å². The molecule has 2 atom stereocenters. The van der Waals surface area contributed by atoms with Gasteiger partial charge in [-0.1, -0.05) is 0 Å². The SMILES string of the molecule is OCC(O)CN1CCNC(CO)C1. The van der Waals surface area contributed by atoms with Gasteiger partial charge in [0.05, 0.1) is 19.3 Å². The zero-order valence-electron chi connectivity index (χ0n) is 7.69. The van der Waals surface area contributed by atoms with Crippen molar-refractivity contribution in [3.8, 4) is 0 Å². The van der Waals surface area contributed by atoms with Gasteiger partial charge in [0, 0.05) is 32.2 Å². The summed E-state index contributed by atoms with van der Waals surface area (Å²) in [6.45, 7) is 2.80. The summed E-state index contributed by atoms with van der Waals surface area (Å²) in [6.07, 6.45) is -0.669. The van der Waals surface area contributed by atoms with Gasteiger partial charge >= 0.3 is 0 Å². The maximum Gasteiger partial charge on any atom is 0.0897 e. The fourth-order valence-corrected chi connectivity index (χ4v) is 1.54. The molecular formula is C8H18N2O3. The number of nitrogens with one attached hydrogen (secondary N) is 1. The molecular weight excluding hydrogens is 172 g/mol. The van der Waals surface area contributed by atoms with Crippen molar-refractivity contribution in [2.24, 2.45) is 0 Å². The first-order chi connectivity index (χ1) is 6.26. The first-order valence-electron chi connectivity index (χ1n) is 4.61. The molecule has 0 aromatic carbocycles. The van der Waals surface area contributed by atoms with E-state index in [0.717, 1.165) is 19.6 Å². The van der Waals surface area contributed by atoms with E-state index in [1.54, 1.807) is 0 Å². The molecule has 1 aliphatic rings. The first kappa shape index (κ1) is 10.9. The van der Waals surface area contributed by atoms with Crippen LogP contribution in [-0.2, 0) is 0 Å². The van der Waals surface area contributed by atoms with Crippen LogP contribution < -0.4 is 5.32 Å². The van der Waals surface area contributed by atoms with Crippen LogP contribution >= 0.6 is 0 Å². The lowest BCUT2D eigenvalue weighted by atomic mass is 10.2. The van der Waals surface area contributed by atoms with Crippen LogP contribution in [-0.4, -0.2) is 71.8 Å². The standard InChI is InChI=1S/C8H18N2O3/c11-5-7-3-10(2-1-9-7)4-8(13)6-12/h7-9,11-13H,1-6H2. The Hall–Kier alpha value is -0.200. The van der Waals surface area contributed by atoms with E-state index in [-0.39, 0.29) is 19.3 Å². The summed E-state index contributed by atoms with van der Waals surface area (Å²) < 4.78 is 0. The first-order valence-corrected chi connectivity index (χ1v) is 4.61. The van der Waals surface area contributed by atoms with Gasteiger partial charge in [0.15, 0.2) is 0 Å². The number of hydrogen-bond acceptors (Lipinski definition) is 5. The lowest BCUT2D eigenvalue weighted by Gasteiger charge is -2.33. The zero-order valence-corrected chi connectivity index (χ0v) is 7.69. The van der Waals surface area contributed by atoms with Gasteiger partial charge in [-0.2, -0.15) is 0 Å². The van der Waals surface area contributed by atoms with Crippen LogP contribution in [0.3, 0.4) is 0 Å². The Bertz CT molecular complexity index is 143. The third-order valence-electron chi connectivity index (χ3n) is 2.24. The molecule has 5 heteroatoms. The summed E-state index contributed by atoms with van der Waals surface area (Å²) in [5.74, 6) is 0. The molecule has 1 fully saturated rings. The molecule has 0 radical (unpaired) electrons. The van der Waals surface area contributed by atoms with E-state index in [4.69, 9.17) is 10.2 Å². The maximum absolute atomic E-state index is 9.19. The smallest absolute Gasteiger partial charge is 0.0897 e. The highest BCUT2D eigenvalue weighted by molar-refractivity contribution is 4.78. The van der Waals surface area contributed by atoms with Gasteiger partial charge in [-0.25, -0.2) is 0 Å². The number of β-amino-alcohol motifs (C(OH)–C–C–N with tert-alkyl or cyclic N) is 1. The summed E-state index contributed by atoms with van der Waals surface area (Å²) >= 11 is 0. The minimum absolute atomic E-state index is 0.0969. The fraction of sp³-hybridized carbons (Fsp3) is 1.00. The van der Waals surface area contributed by atoms with Crippen molar-refractivity contribution in [3.05, 3.63) is 0 Å². The average Bonchev–Trinajstić information content (AvgIpc) is 2.18. The minimum Gasteiger partial charge on any atom is -0.395 e. The predicted octanol–water partition coefficient (Wildman–Crippen LogP) is -2.39. The lowest BCUT2D eigenvalue weighted by Crippen LogP contribution is -2.54. The van der Waals surface area contributed by atoms with E-state index >= 15 is 0 Å². The second-order valence-electron chi connectivity index (χ2n) is 3.43. The molecule has 0 aromatic heterocycles. The van der Waals surface area contributed by atoms with Crippen molar-refractivity contribution in [2.75, 3.05) is 39.4 Å². The number of piperazine rings is 1. The third kappa shape index (κ3) is 3.58. The molecule has 4 N–H and O–H groups in total. The normalized spacial score (nSPS) is 27.5. The molecule has 1 saturated heterocycles. The highest BCUT2D eigenvalue weighted by Crippen LogP contribution is 1.99. The average molecular weight is 190 g/mol. The number of aliphatic hydroxyl groups is 3. The molecule has 0 spiro atoms. The van der Waals surface area contributed by atoms with E-state index in [0.29, 0.717) is 6.54 Å². The molecule has 0 bridgehead atoms. The molecule has 1 rings (SSSR count). The number of nitrogens with zero attached hydrogens (tertiary/aromatic N) is 1. The zero-order chi connectivity index (χ0) is 9.68. The van der Waals surface area contributed by atoms with Gasteiger partial charge in [-0.3, -0.25) is 4.90 Å². The van der Waals surface area contributed by atoms with Crippen molar-refractivity contribution in [2.45, 2.75) is 12.1 Å². The van der Waals surface area contributed by atoms with Gasteiger partial charge in [0.25, 0.3) is 0 Å². The number of hydrogen-bond donors (Lipinski definition) is 4. The van der Waals surface area contributed by atoms with Crippen molar-refractivity contribution in [1.29, 1.82) is 0 Å². The van der Waals surface area contributed by atoms with E-state index < -0.39 is 6.10 Å². The molecule has 1 aliphatic heterocycles. The second-order valence-corrected chi connectivity index (χ2v) is 3.43. The molecule has 13 heavy (non-hydrogen) atoms. The van der Waals surface area contributed by atoms with Gasteiger partial charge in [0.2, 0.25) is 0 Å². The maximum atomic E-state index is 9.19. The van der Waals surface area contributed by atoms with Crippen LogP contribution in [0.5, 0.6) is 0 Å². The van der Waals surface area contributed by atoms with Crippen molar-refractivity contribution in [1.82, 2.24) is 10.2 Å². The monoisotopic (exact) mass is 190 g/mol. The van der Waals surface area contributed by atoms with Crippen LogP contribution in [0.4, 0.5) is 0 Å². The Morgan fingerprint density at radius 3 is 2.85 bits per heavy atom. The molecule has 0 saturated carbocycles. The quantitative estimate of drug-likeness (QED) is 0.398. The highest BCUT2D eigenvalue weighted by atomic mass is 16.3. The van der Waals surface area contributed by atoms with Crippen LogP contribution in [0.2, 0.25) is 0 Å². The Labute approximate surface area is 78.0 Å². The fourth-order valence-electron chi connectivity index (χ4n) is 1.54. The third-order valence-corrected chi connectivity index (χ3v) is 2.24. The molecule has 0 aromatic rings. The number of aliphatic hydroxyl groups excluding tert-OH is 3. The van der Waals surface area contributed by atoms with Crippen molar-refractivity contribution in [3.63, 3.8) is 0 Å².